The zero-order valence-corrected chi connectivity index (χ0v) is 9.99. The number of ketones is 1. The highest BCUT2D eigenvalue weighted by Gasteiger charge is 2.57. The molecule has 4 heteroatoms. The van der Waals surface area contributed by atoms with Gasteiger partial charge < -0.3 is 9.53 Å². The first-order valence-corrected chi connectivity index (χ1v) is 5.57. The zero-order valence-electron chi connectivity index (χ0n) is 9.99. The van der Waals surface area contributed by atoms with E-state index in [1.165, 1.54) is 7.11 Å². The van der Waals surface area contributed by atoms with Crippen molar-refractivity contribution in [2.24, 2.45) is 17.3 Å². The van der Waals surface area contributed by atoms with E-state index in [-0.39, 0.29) is 24.0 Å². The van der Waals surface area contributed by atoms with E-state index in [1.807, 2.05) is 6.92 Å². The third-order valence-corrected chi connectivity index (χ3v) is 3.79. The number of carbonyl (C=O) groups excluding carboxylic acids is 3. The summed E-state index contributed by atoms with van der Waals surface area (Å²) in [5, 5.41) is 0. The number of aldehydes is 1. The maximum absolute atomic E-state index is 12.0. The van der Waals surface area contributed by atoms with Gasteiger partial charge in [0, 0.05) is 12.8 Å². The van der Waals surface area contributed by atoms with Crippen molar-refractivity contribution < 1.29 is 19.1 Å². The quantitative estimate of drug-likeness (QED) is 0.412. The molecule has 0 aliphatic heterocycles. The van der Waals surface area contributed by atoms with Crippen molar-refractivity contribution in [3.63, 3.8) is 0 Å². The normalized spacial score (nSPS) is 31.2. The number of Topliss-reactive ketones (excluding diaryl/α,β-unsaturated/α-hetero) is 1. The third kappa shape index (κ3) is 1.66. The molecular formula is C12H18O4. The molecule has 1 aliphatic rings. The monoisotopic (exact) mass is 226 g/mol. The second-order valence-corrected chi connectivity index (χ2v) is 4.53. The first-order valence-electron chi connectivity index (χ1n) is 5.57. The van der Waals surface area contributed by atoms with E-state index in [9.17, 15) is 14.4 Å². The fraction of sp³-hybridized carbons (Fsp3) is 0.750. The molecule has 90 valence electrons. The molecule has 0 aromatic heterocycles. The number of ether oxygens (including phenoxy) is 1. The van der Waals surface area contributed by atoms with Crippen LogP contribution in [0, 0.1) is 17.3 Å². The van der Waals surface area contributed by atoms with Gasteiger partial charge in [-0.2, -0.15) is 0 Å². The number of methoxy groups -OCH3 is 1. The highest BCUT2D eigenvalue weighted by Crippen LogP contribution is 2.47. The summed E-state index contributed by atoms with van der Waals surface area (Å²) < 4.78 is 4.77. The molecule has 4 nitrogen and oxygen atoms in total. The molecule has 0 unspecified atom stereocenters. The van der Waals surface area contributed by atoms with Crippen LogP contribution in [0.2, 0.25) is 0 Å². The van der Waals surface area contributed by atoms with Gasteiger partial charge in [0.05, 0.1) is 7.11 Å². The van der Waals surface area contributed by atoms with Crippen LogP contribution >= 0.6 is 0 Å². The van der Waals surface area contributed by atoms with Crippen LogP contribution in [0.3, 0.4) is 0 Å². The molecule has 0 saturated heterocycles. The molecule has 0 aromatic carbocycles. The lowest BCUT2D eigenvalue weighted by Crippen LogP contribution is -2.46. The molecular weight excluding hydrogens is 208 g/mol. The van der Waals surface area contributed by atoms with Crippen molar-refractivity contribution in [1.82, 2.24) is 0 Å². The molecule has 0 amide bonds. The number of esters is 1. The maximum atomic E-state index is 12.0. The molecule has 16 heavy (non-hydrogen) atoms. The van der Waals surface area contributed by atoms with Crippen molar-refractivity contribution in [1.29, 1.82) is 0 Å². The van der Waals surface area contributed by atoms with Crippen LogP contribution in [0.1, 0.15) is 33.1 Å². The van der Waals surface area contributed by atoms with E-state index in [0.29, 0.717) is 12.8 Å². The van der Waals surface area contributed by atoms with Gasteiger partial charge in [0.25, 0.3) is 0 Å². The topological polar surface area (TPSA) is 60.4 Å². The Morgan fingerprint density at radius 1 is 1.69 bits per heavy atom. The number of rotatable bonds is 4. The van der Waals surface area contributed by atoms with E-state index < -0.39 is 11.4 Å². The highest BCUT2D eigenvalue weighted by atomic mass is 16.5. The first kappa shape index (κ1) is 12.9. The lowest BCUT2D eigenvalue weighted by Gasteiger charge is -2.34. The summed E-state index contributed by atoms with van der Waals surface area (Å²) in [5.74, 6) is -0.914. The third-order valence-electron chi connectivity index (χ3n) is 3.79. The molecule has 1 saturated carbocycles. The first-order chi connectivity index (χ1) is 7.51. The average Bonchev–Trinajstić information content (AvgIpc) is 2.55. The van der Waals surface area contributed by atoms with Gasteiger partial charge in [0.15, 0.2) is 5.78 Å². The van der Waals surface area contributed by atoms with E-state index in [2.05, 4.69) is 0 Å². The van der Waals surface area contributed by atoms with Gasteiger partial charge in [-0.05, 0) is 18.3 Å². The van der Waals surface area contributed by atoms with E-state index >= 15 is 0 Å². The Morgan fingerprint density at radius 3 is 2.69 bits per heavy atom. The van der Waals surface area contributed by atoms with Gasteiger partial charge in [-0.3, -0.25) is 9.59 Å². The lowest BCUT2D eigenvalue weighted by molar-refractivity contribution is -0.163. The number of hydrogen-bond donors (Lipinski definition) is 0. The average molecular weight is 226 g/mol. The van der Waals surface area contributed by atoms with Crippen molar-refractivity contribution in [2.45, 2.75) is 33.1 Å². The molecule has 1 fully saturated rings. The molecule has 0 bridgehead atoms. The minimum atomic E-state index is -1.10. The van der Waals surface area contributed by atoms with Crippen LogP contribution in [-0.4, -0.2) is 25.1 Å². The van der Waals surface area contributed by atoms with Gasteiger partial charge in [-0.25, -0.2) is 0 Å². The molecule has 3 atom stereocenters. The molecule has 0 radical (unpaired) electrons. The van der Waals surface area contributed by atoms with E-state index in [1.54, 1.807) is 6.92 Å². The molecule has 0 heterocycles. The summed E-state index contributed by atoms with van der Waals surface area (Å²) in [6.45, 7) is 3.65. The van der Waals surface area contributed by atoms with Crippen LogP contribution in [-0.2, 0) is 19.1 Å². The fourth-order valence-electron chi connectivity index (χ4n) is 2.83. The van der Waals surface area contributed by atoms with E-state index in [4.69, 9.17) is 4.74 Å². The molecule has 1 aliphatic carbocycles. The predicted molar refractivity (Wildman–Crippen MR) is 57.7 cm³/mol. The second-order valence-electron chi connectivity index (χ2n) is 4.53. The van der Waals surface area contributed by atoms with Crippen molar-refractivity contribution in [2.75, 3.05) is 7.11 Å². The van der Waals surface area contributed by atoms with E-state index in [0.717, 1.165) is 6.29 Å². The SMILES string of the molecule is COC(=O)[C@@]1([C@H](C)CC=O)C(=O)CC[C@H]1C. The van der Waals surface area contributed by atoms with Crippen molar-refractivity contribution in [3.8, 4) is 0 Å². The van der Waals surface area contributed by atoms with Crippen molar-refractivity contribution >= 4 is 18.0 Å². The van der Waals surface area contributed by atoms with Crippen molar-refractivity contribution in [3.05, 3.63) is 0 Å². The number of carbonyl (C=O) groups is 3. The molecule has 0 N–H and O–H groups in total. The van der Waals surface area contributed by atoms with Crippen LogP contribution in [0.25, 0.3) is 0 Å². The van der Waals surface area contributed by atoms with Gasteiger partial charge in [0.2, 0.25) is 0 Å². The summed E-state index contributed by atoms with van der Waals surface area (Å²) in [5.41, 5.74) is -1.10. The van der Waals surface area contributed by atoms with Crippen LogP contribution in [0.4, 0.5) is 0 Å². The fourth-order valence-corrected chi connectivity index (χ4v) is 2.83. The molecule has 0 spiro atoms. The van der Waals surface area contributed by atoms with Crippen LogP contribution in [0.15, 0.2) is 0 Å². The second kappa shape index (κ2) is 4.76. The maximum Gasteiger partial charge on any atom is 0.319 e. The Morgan fingerprint density at radius 2 is 2.31 bits per heavy atom. The van der Waals surface area contributed by atoms with Crippen LogP contribution < -0.4 is 0 Å². The van der Waals surface area contributed by atoms with Gasteiger partial charge >= 0.3 is 5.97 Å². The van der Waals surface area contributed by atoms with Gasteiger partial charge in [-0.15, -0.1) is 0 Å². The van der Waals surface area contributed by atoms with Gasteiger partial charge in [0.1, 0.15) is 11.7 Å². The molecule has 0 aromatic rings. The van der Waals surface area contributed by atoms with Gasteiger partial charge in [-0.1, -0.05) is 13.8 Å². The zero-order chi connectivity index (χ0) is 12.3. The smallest absolute Gasteiger partial charge is 0.319 e. The highest BCUT2D eigenvalue weighted by molar-refractivity contribution is 6.06. The largest absolute Gasteiger partial charge is 0.468 e. The Labute approximate surface area is 95.3 Å². The predicted octanol–water partition coefficient (Wildman–Crippen LogP) is 1.37. The summed E-state index contributed by atoms with van der Waals surface area (Å²) >= 11 is 0. The number of hydrogen-bond acceptors (Lipinski definition) is 4. The summed E-state index contributed by atoms with van der Waals surface area (Å²) in [4.78, 5) is 34.5. The Balaban J connectivity index is 3.15. The Bertz CT molecular complexity index is 310. The minimum absolute atomic E-state index is 0.0533. The Kier molecular flexibility index (Phi) is 3.83. The standard InChI is InChI=1S/C12H18O4/c1-8-4-5-10(14)12(8,11(15)16-3)9(2)6-7-13/h7-9H,4-6H2,1-3H3/t8-,9-,12+/m1/s1. The van der Waals surface area contributed by atoms with Crippen LogP contribution in [0.5, 0.6) is 0 Å². The lowest BCUT2D eigenvalue weighted by atomic mass is 9.67. The summed E-state index contributed by atoms with van der Waals surface area (Å²) in [6.07, 6.45) is 2.06. The molecule has 1 rings (SSSR count). The summed E-state index contributed by atoms with van der Waals surface area (Å²) in [6, 6.07) is 0. The minimum Gasteiger partial charge on any atom is -0.468 e. The Hall–Kier alpha value is -1.19. The summed E-state index contributed by atoms with van der Waals surface area (Å²) in [7, 11) is 1.29.